The molecule has 2 N–H and O–H groups in total. The Morgan fingerprint density at radius 2 is 2.00 bits per heavy atom. The first-order valence-corrected chi connectivity index (χ1v) is 12.0. The molecule has 1 aliphatic carbocycles. The van der Waals surface area contributed by atoms with Gasteiger partial charge >= 0.3 is 0 Å². The smallest absolute Gasteiger partial charge is 0.228 e. The molecular formula is C27H28N4O3. The summed E-state index contributed by atoms with van der Waals surface area (Å²) in [6, 6.07) is 12.9. The molecule has 34 heavy (non-hydrogen) atoms. The second-order valence-electron chi connectivity index (χ2n) is 9.47. The molecule has 1 amide bonds. The topological polar surface area (TPSA) is 76.9 Å². The van der Waals surface area contributed by atoms with Crippen molar-refractivity contribution in [3.05, 3.63) is 48.2 Å². The van der Waals surface area contributed by atoms with Crippen molar-refractivity contribution in [1.82, 2.24) is 14.9 Å². The Morgan fingerprint density at radius 3 is 2.76 bits per heavy atom. The highest BCUT2D eigenvalue weighted by Crippen LogP contribution is 2.35. The van der Waals surface area contributed by atoms with Gasteiger partial charge in [-0.25, -0.2) is 4.52 Å². The molecule has 0 spiro atoms. The van der Waals surface area contributed by atoms with Gasteiger partial charge in [-0.1, -0.05) is 5.92 Å². The Kier molecular flexibility index (Phi) is 5.48. The van der Waals surface area contributed by atoms with E-state index in [4.69, 9.17) is 9.47 Å². The normalized spacial score (nSPS) is 23.7. The molecule has 7 nitrogen and oxygen atoms in total. The number of nitrogens with zero attached hydrogens (tertiary/aromatic N) is 2. The van der Waals surface area contributed by atoms with Gasteiger partial charge in [0.2, 0.25) is 5.91 Å². The first-order chi connectivity index (χ1) is 16.6. The maximum Gasteiger partial charge on any atom is 0.228 e. The number of pyridine rings is 1. The number of benzene rings is 1. The van der Waals surface area contributed by atoms with Crippen molar-refractivity contribution >= 4 is 17.2 Å². The van der Waals surface area contributed by atoms with Crippen LogP contribution >= 0.6 is 0 Å². The summed E-state index contributed by atoms with van der Waals surface area (Å²) in [5.74, 6) is 7.79. The highest BCUT2D eigenvalue weighted by Gasteiger charge is 2.33. The number of morpholine rings is 1. The van der Waals surface area contributed by atoms with E-state index in [2.05, 4.69) is 39.7 Å². The van der Waals surface area contributed by atoms with E-state index in [1.807, 2.05) is 37.4 Å². The van der Waals surface area contributed by atoms with Crippen LogP contribution in [-0.2, 0) is 9.53 Å². The maximum absolute atomic E-state index is 12.1. The molecule has 174 valence electrons. The third-order valence-corrected chi connectivity index (χ3v) is 6.72. The predicted octanol–water partition coefficient (Wildman–Crippen LogP) is 3.62. The summed E-state index contributed by atoms with van der Waals surface area (Å²) in [6.45, 7) is 3.33. The Bertz CT molecular complexity index is 1290. The summed E-state index contributed by atoms with van der Waals surface area (Å²) in [5, 5.41) is 11.1. The molecule has 4 heterocycles. The lowest BCUT2D eigenvalue weighted by atomic mass is 9.94. The lowest BCUT2D eigenvalue weighted by Crippen LogP contribution is -2.56. The average Bonchev–Trinajstić information content (AvgIpc) is 3.60. The van der Waals surface area contributed by atoms with Crippen LogP contribution in [0.3, 0.4) is 0 Å². The molecule has 2 aromatic heterocycles. The number of piperidine rings is 1. The number of fused-ring (bicyclic) bond motifs is 3. The van der Waals surface area contributed by atoms with Crippen LogP contribution in [-0.4, -0.2) is 46.9 Å². The SMILES string of the molecule is CC#Cc1ccc(OC2C[C@H]3COC[C@@H](C2)N3)c(-c2ccn3nc(NC(=O)C4CC4)cc3c2)c1. The molecule has 2 aliphatic heterocycles. The minimum absolute atomic E-state index is 0.0577. The second-order valence-corrected chi connectivity index (χ2v) is 9.47. The van der Waals surface area contributed by atoms with Crippen LogP contribution in [0.5, 0.6) is 5.75 Å². The summed E-state index contributed by atoms with van der Waals surface area (Å²) < 4.78 is 14.1. The van der Waals surface area contributed by atoms with Crippen molar-refractivity contribution in [3.63, 3.8) is 0 Å². The fraction of sp³-hybridized carbons (Fsp3) is 0.407. The van der Waals surface area contributed by atoms with Gasteiger partial charge in [0.15, 0.2) is 5.82 Å². The number of rotatable bonds is 5. The van der Waals surface area contributed by atoms with Crippen LogP contribution < -0.4 is 15.4 Å². The van der Waals surface area contributed by atoms with Gasteiger partial charge in [0.1, 0.15) is 11.9 Å². The third-order valence-electron chi connectivity index (χ3n) is 6.72. The fourth-order valence-electron chi connectivity index (χ4n) is 4.94. The minimum atomic E-state index is 0.0577. The van der Waals surface area contributed by atoms with Crippen LogP contribution in [0.1, 0.15) is 38.2 Å². The number of hydrogen-bond donors (Lipinski definition) is 2. The lowest BCUT2D eigenvalue weighted by molar-refractivity contribution is -0.117. The van der Waals surface area contributed by atoms with E-state index in [0.717, 1.165) is 66.9 Å². The van der Waals surface area contributed by atoms with E-state index in [1.165, 1.54) is 0 Å². The number of carbonyl (C=O) groups is 1. The third kappa shape index (κ3) is 4.39. The molecule has 7 heteroatoms. The Hall–Kier alpha value is -3.34. The number of carbonyl (C=O) groups excluding carboxylic acids is 1. The molecule has 6 rings (SSSR count). The molecule has 3 aliphatic rings. The molecule has 0 radical (unpaired) electrons. The Morgan fingerprint density at radius 1 is 1.18 bits per heavy atom. The molecule has 1 saturated carbocycles. The van der Waals surface area contributed by atoms with Gasteiger partial charge in [0.05, 0.1) is 18.7 Å². The number of aromatic nitrogens is 2. The summed E-state index contributed by atoms with van der Waals surface area (Å²) >= 11 is 0. The predicted molar refractivity (Wildman–Crippen MR) is 130 cm³/mol. The molecule has 3 atom stereocenters. The molecule has 2 bridgehead atoms. The van der Waals surface area contributed by atoms with Gasteiger partial charge in [-0.05, 0) is 55.7 Å². The van der Waals surface area contributed by atoms with E-state index in [-0.39, 0.29) is 17.9 Å². The number of amides is 1. The van der Waals surface area contributed by atoms with Crippen molar-refractivity contribution in [2.45, 2.75) is 50.8 Å². The van der Waals surface area contributed by atoms with Gasteiger partial charge in [-0.2, -0.15) is 5.10 Å². The van der Waals surface area contributed by atoms with Crippen molar-refractivity contribution in [2.24, 2.45) is 5.92 Å². The molecule has 3 fully saturated rings. The highest BCUT2D eigenvalue weighted by atomic mass is 16.5. The summed E-state index contributed by atoms with van der Waals surface area (Å²) in [6.07, 6.45) is 5.86. The number of ether oxygens (including phenoxy) is 2. The monoisotopic (exact) mass is 456 g/mol. The van der Waals surface area contributed by atoms with Crippen molar-refractivity contribution < 1.29 is 14.3 Å². The minimum Gasteiger partial charge on any atom is -0.490 e. The van der Waals surface area contributed by atoms with E-state index in [0.29, 0.717) is 17.9 Å². The maximum atomic E-state index is 12.1. The van der Waals surface area contributed by atoms with E-state index in [1.54, 1.807) is 4.52 Å². The van der Waals surface area contributed by atoms with Crippen LogP contribution in [0.4, 0.5) is 5.82 Å². The molecule has 3 aromatic rings. The van der Waals surface area contributed by atoms with Gasteiger partial charge in [0, 0.05) is 54.2 Å². The molecule has 1 unspecified atom stereocenters. The largest absolute Gasteiger partial charge is 0.490 e. The molecular weight excluding hydrogens is 428 g/mol. The zero-order valence-corrected chi connectivity index (χ0v) is 19.2. The average molecular weight is 457 g/mol. The highest BCUT2D eigenvalue weighted by molar-refractivity contribution is 5.93. The first-order valence-electron chi connectivity index (χ1n) is 12.0. The van der Waals surface area contributed by atoms with Gasteiger partial charge in [0.25, 0.3) is 0 Å². The molecule has 1 aromatic carbocycles. The summed E-state index contributed by atoms with van der Waals surface area (Å²) in [7, 11) is 0. The van der Waals surface area contributed by atoms with Crippen LogP contribution in [0, 0.1) is 17.8 Å². The quantitative estimate of drug-likeness (QED) is 0.574. The van der Waals surface area contributed by atoms with E-state index >= 15 is 0 Å². The van der Waals surface area contributed by atoms with Gasteiger partial charge in [-0.3, -0.25) is 4.79 Å². The molecule has 2 saturated heterocycles. The van der Waals surface area contributed by atoms with E-state index in [9.17, 15) is 4.79 Å². The van der Waals surface area contributed by atoms with E-state index < -0.39 is 0 Å². The number of anilines is 1. The standard InChI is InChI=1S/C27H28N4O3/c1-2-3-17-4-7-25(34-23-12-20-15-33-16-21(13-23)28-20)24(10-17)19-8-9-31-22(11-19)14-26(30-31)29-27(32)18-5-6-18/h4,7-11,14,18,20-21,23,28H,5-6,12-13,15-16H2,1H3,(H,29,30,32)/t20-,21+,23?. The van der Waals surface area contributed by atoms with Crippen molar-refractivity contribution in [2.75, 3.05) is 18.5 Å². The van der Waals surface area contributed by atoms with Crippen LogP contribution in [0.2, 0.25) is 0 Å². The van der Waals surface area contributed by atoms with Crippen molar-refractivity contribution in [3.8, 4) is 28.7 Å². The zero-order valence-electron chi connectivity index (χ0n) is 19.2. The Balaban J connectivity index is 1.31. The number of nitrogens with one attached hydrogen (secondary N) is 2. The lowest BCUT2D eigenvalue weighted by Gasteiger charge is -2.40. The van der Waals surface area contributed by atoms with Gasteiger partial charge < -0.3 is 20.1 Å². The summed E-state index contributed by atoms with van der Waals surface area (Å²) in [4.78, 5) is 12.1. The zero-order chi connectivity index (χ0) is 23.1. The number of hydrogen-bond acceptors (Lipinski definition) is 5. The second kappa shape index (κ2) is 8.79. The van der Waals surface area contributed by atoms with Crippen LogP contribution in [0.25, 0.3) is 16.6 Å². The fourth-order valence-corrected chi connectivity index (χ4v) is 4.94. The first kappa shape index (κ1) is 21.2. The summed E-state index contributed by atoms with van der Waals surface area (Å²) in [5.41, 5.74) is 3.90. The van der Waals surface area contributed by atoms with Gasteiger partial charge in [-0.15, -0.1) is 5.92 Å². The van der Waals surface area contributed by atoms with Crippen molar-refractivity contribution in [1.29, 1.82) is 0 Å². The Labute approximate surface area is 198 Å². The van der Waals surface area contributed by atoms with Crippen LogP contribution in [0.15, 0.2) is 42.6 Å².